The Hall–Kier alpha value is -2.00. The van der Waals surface area contributed by atoms with Crippen molar-refractivity contribution < 1.29 is 23.1 Å². The molecule has 9 heteroatoms. The molecule has 1 saturated heterocycles. The smallest absolute Gasteiger partial charge is 0.323 e. The number of aliphatic carboxylic acids is 1. The van der Waals surface area contributed by atoms with Crippen molar-refractivity contribution in [2.75, 3.05) is 25.4 Å². The van der Waals surface area contributed by atoms with Crippen molar-refractivity contribution in [1.82, 2.24) is 14.2 Å². The van der Waals surface area contributed by atoms with Crippen molar-refractivity contribution in [1.29, 1.82) is 0 Å². The standard InChI is InChI=1S/C15H21N3O5S/c1-2-24(22,23)17-9-6-12(7-10-17)18(11-14(19)20)15(21)13-5-3-4-8-16-13/h3-5,8,12H,2,6-7,9-11H2,1H3,(H,19,20). The second-order valence-electron chi connectivity index (χ2n) is 5.57. The number of hydrogen-bond acceptors (Lipinski definition) is 5. The maximum absolute atomic E-state index is 12.6. The molecule has 0 unspecified atom stereocenters. The molecular formula is C15H21N3O5S. The fourth-order valence-corrected chi connectivity index (χ4v) is 3.90. The number of carboxylic acid groups (broad SMARTS) is 1. The highest BCUT2D eigenvalue weighted by Gasteiger charge is 2.33. The van der Waals surface area contributed by atoms with Gasteiger partial charge < -0.3 is 10.0 Å². The van der Waals surface area contributed by atoms with E-state index in [0.717, 1.165) is 0 Å². The molecule has 132 valence electrons. The third kappa shape index (κ3) is 4.30. The van der Waals surface area contributed by atoms with Gasteiger partial charge in [0.1, 0.15) is 12.2 Å². The van der Waals surface area contributed by atoms with Gasteiger partial charge in [0.05, 0.1) is 5.75 Å². The van der Waals surface area contributed by atoms with Gasteiger partial charge in [-0.3, -0.25) is 14.6 Å². The van der Waals surface area contributed by atoms with E-state index in [1.54, 1.807) is 19.1 Å². The van der Waals surface area contributed by atoms with Crippen molar-refractivity contribution in [3.05, 3.63) is 30.1 Å². The lowest BCUT2D eigenvalue weighted by atomic mass is 10.0. The largest absolute Gasteiger partial charge is 0.480 e. The topological polar surface area (TPSA) is 108 Å². The molecule has 2 heterocycles. The summed E-state index contributed by atoms with van der Waals surface area (Å²) in [5.74, 6) is -1.53. The Kier molecular flexibility index (Phi) is 5.89. The number of sulfonamides is 1. The van der Waals surface area contributed by atoms with Gasteiger partial charge in [0.15, 0.2) is 0 Å². The Balaban J connectivity index is 2.13. The maximum Gasteiger partial charge on any atom is 0.323 e. The fraction of sp³-hybridized carbons (Fsp3) is 0.533. The van der Waals surface area contributed by atoms with Crippen LogP contribution in [0.15, 0.2) is 24.4 Å². The minimum absolute atomic E-state index is 0.0311. The number of piperidine rings is 1. The van der Waals surface area contributed by atoms with Crippen molar-refractivity contribution in [3.8, 4) is 0 Å². The lowest BCUT2D eigenvalue weighted by Crippen LogP contribution is -2.50. The number of amides is 1. The number of pyridine rings is 1. The highest BCUT2D eigenvalue weighted by atomic mass is 32.2. The van der Waals surface area contributed by atoms with Gasteiger partial charge in [0, 0.05) is 25.3 Å². The van der Waals surface area contributed by atoms with Gasteiger partial charge in [0.2, 0.25) is 10.0 Å². The summed E-state index contributed by atoms with van der Waals surface area (Å²) in [5.41, 5.74) is 0.183. The molecule has 1 amide bonds. The number of carbonyl (C=O) groups is 2. The molecule has 0 aliphatic carbocycles. The Morgan fingerprint density at radius 1 is 1.33 bits per heavy atom. The summed E-state index contributed by atoms with van der Waals surface area (Å²) in [4.78, 5) is 29.0. The van der Waals surface area contributed by atoms with Crippen LogP contribution in [-0.4, -0.2) is 71.0 Å². The summed E-state index contributed by atoms with van der Waals surface area (Å²) < 4.78 is 25.2. The lowest BCUT2D eigenvalue weighted by molar-refractivity contribution is -0.138. The number of nitrogens with zero attached hydrogens (tertiary/aromatic N) is 3. The van der Waals surface area contributed by atoms with Crippen LogP contribution in [0.4, 0.5) is 0 Å². The molecular weight excluding hydrogens is 334 g/mol. The molecule has 0 saturated carbocycles. The SMILES string of the molecule is CCS(=O)(=O)N1CCC(N(CC(=O)O)C(=O)c2ccccn2)CC1. The minimum atomic E-state index is -3.26. The van der Waals surface area contributed by atoms with E-state index >= 15 is 0 Å². The number of hydrogen-bond donors (Lipinski definition) is 1. The number of rotatable bonds is 6. The average Bonchev–Trinajstić information content (AvgIpc) is 2.60. The average molecular weight is 355 g/mol. The molecule has 2 rings (SSSR count). The van der Waals surface area contributed by atoms with Crippen molar-refractivity contribution in [2.24, 2.45) is 0 Å². The normalized spacial score (nSPS) is 16.7. The molecule has 24 heavy (non-hydrogen) atoms. The van der Waals surface area contributed by atoms with E-state index in [9.17, 15) is 18.0 Å². The van der Waals surface area contributed by atoms with Gasteiger partial charge in [-0.15, -0.1) is 0 Å². The minimum Gasteiger partial charge on any atom is -0.480 e. The first-order valence-electron chi connectivity index (χ1n) is 7.76. The van der Waals surface area contributed by atoms with Gasteiger partial charge in [0.25, 0.3) is 5.91 Å². The maximum atomic E-state index is 12.6. The van der Waals surface area contributed by atoms with Crippen LogP contribution in [0, 0.1) is 0 Å². The van der Waals surface area contributed by atoms with E-state index in [4.69, 9.17) is 5.11 Å². The molecule has 0 bridgehead atoms. The van der Waals surface area contributed by atoms with Crippen LogP contribution in [0.5, 0.6) is 0 Å². The summed E-state index contributed by atoms with van der Waals surface area (Å²) in [6.45, 7) is 1.72. The zero-order valence-corrected chi connectivity index (χ0v) is 14.3. The molecule has 1 aromatic rings. The van der Waals surface area contributed by atoms with E-state index in [1.807, 2.05) is 0 Å². The van der Waals surface area contributed by atoms with Crippen LogP contribution >= 0.6 is 0 Å². The van der Waals surface area contributed by atoms with Gasteiger partial charge >= 0.3 is 5.97 Å². The first kappa shape index (κ1) is 18.3. The van der Waals surface area contributed by atoms with E-state index < -0.39 is 28.4 Å². The van der Waals surface area contributed by atoms with Crippen LogP contribution in [-0.2, 0) is 14.8 Å². The highest BCUT2D eigenvalue weighted by molar-refractivity contribution is 7.89. The van der Waals surface area contributed by atoms with Crippen molar-refractivity contribution in [3.63, 3.8) is 0 Å². The molecule has 1 aliphatic heterocycles. The van der Waals surface area contributed by atoms with Crippen LogP contribution in [0.1, 0.15) is 30.3 Å². The Labute approximate surface area is 141 Å². The van der Waals surface area contributed by atoms with E-state index in [1.165, 1.54) is 21.5 Å². The number of carboxylic acids is 1. The van der Waals surface area contributed by atoms with E-state index in [0.29, 0.717) is 12.8 Å². The molecule has 8 nitrogen and oxygen atoms in total. The zero-order chi connectivity index (χ0) is 17.7. The summed E-state index contributed by atoms with van der Waals surface area (Å²) in [7, 11) is -3.26. The van der Waals surface area contributed by atoms with E-state index in [2.05, 4.69) is 4.98 Å². The molecule has 0 atom stereocenters. The molecule has 0 aromatic carbocycles. The highest BCUT2D eigenvalue weighted by Crippen LogP contribution is 2.20. The third-order valence-corrected chi connectivity index (χ3v) is 5.95. The van der Waals surface area contributed by atoms with Crippen LogP contribution in [0.25, 0.3) is 0 Å². The predicted molar refractivity (Wildman–Crippen MR) is 87.0 cm³/mol. The molecule has 1 fully saturated rings. The van der Waals surface area contributed by atoms with Crippen molar-refractivity contribution >= 4 is 21.9 Å². The van der Waals surface area contributed by atoms with Gasteiger partial charge in [-0.25, -0.2) is 12.7 Å². The summed E-state index contributed by atoms with van der Waals surface area (Å²) >= 11 is 0. The second kappa shape index (κ2) is 7.71. The third-order valence-electron chi connectivity index (χ3n) is 4.07. The molecule has 0 spiro atoms. The van der Waals surface area contributed by atoms with Gasteiger partial charge in [-0.1, -0.05) is 6.07 Å². The van der Waals surface area contributed by atoms with Crippen LogP contribution in [0.3, 0.4) is 0 Å². The van der Waals surface area contributed by atoms with Crippen molar-refractivity contribution in [2.45, 2.75) is 25.8 Å². The molecule has 1 aromatic heterocycles. The number of carbonyl (C=O) groups excluding carboxylic acids is 1. The van der Waals surface area contributed by atoms with Crippen LogP contribution in [0.2, 0.25) is 0 Å². The number of aromatic nitrogens is 1. The Morgan fingerprint density at radius 2 is 2.00 bits per heavy atom. The summed E-state index contributed by atoms with van der Waals surface area (Å²) in [6, 6.07) is 4.55. The first-order chi connectivity index (χ1) is 11.3. The fourth-order valence-electron chi connectivity index (χ4n) is 2.76. The quantitative estimate of drug-likeness (QED) is 0.792. The molecule has 1 N–H and O–H groups in total. The second-order valence-corrected chi connectivity index (χ2v) is 7.83. The Morgan fingerprint density at radius 3 is 2.50 bits per heavy atom. The monoisotopic (exact) mass is 355 g/mol. The summed E-state index contributed by atoms with van der Waals surface area (Å²) in [6.07, 6.45) is 2.29. The Bertz CT molecular complexity index is 684. The van der Waals surface area contributed by atoms with Gasteiger partial charge in [-0.05, 0) is 31.9 Å². The summed E-state index contributed by atoms with van der Waals surface area (Å²) in [5, 5.41) is 9.11. The van der Waals surface area contributed by atoms with Gasteiger partial charge in [-0.2, -0.15) is 0 Å². The molecule has 1 aliphatic rings. The lowest BCUT2D eigenvalue weighted by Gasteiger charge is -2.37. The molecule has 0 radical (unpaired) electrons. The van der Waals surface area contributed by atoms with E-state index in [-0.39, 0.29) is 30.6 Å². The zero-order valence-electron chi connectivity index (χ0n) is 13.5. The van der Waals surface area contributed by atoms with Crippen LogP contribution < -0.4 is 0 Å². The predicted octanol–water partition coefficient (Wildman–Crippen LogP) is 0.423. The first-order valence-corrected chi connectivity index (χ1v) is 9.37.